The minimum Gasteiger partial charge on any atom is -0.442 e. The first kappa shape index (κ1) is 23.4. The number of nitrogens with zero attached hydrogens (tertiary/aromatic N) is 4. The number of carbonyl (C=O) groups is 3. The van der Waals surface area contributed by atoms with Crippen LogP contribution in [0.15, 0.2) is 42.7 Å². The van der Waals surface area contributed by atoms with E-state index in [0.29, 0.717) is 37.6 Å². The maximum atomic E-state index is 15.1. The van der Waals surface area contributed by atoms with Crippen molar-refractivity contribution in [1.82, 2.24) is 20.7 Å². The van der Waals surface area contributed by atoms with E-state index in [2.05, 4.69) is 15.7 Å². The largest absolute Gasteiger partial charge is 0.442 e. The van der Waals surface area contributed by atoms with Crippen LogP contribution >= 0.6 is 0 Å². The number of aromatic nitrogens is 1. The molecule has 180 valence electrons. The van der Waals surface area contributed by atoms with E-state index in [0.717, 1.165) is 5.56 Å². The lowest BCUT2D eigenvalue weighted by Crippen LogP contribution is -2.44. The van der Waals surface area contributed by atoms with Crippen molar-refractivity contribution in [3.63, 3.8) is 0 Å². The van der Waals surface area contributed by atoms with Crippen molar-refractivity contribution in [2.45, 2.75) is 19.4 Å². The first-order valence-corrected chi connectivity index (χ1v) is 11.1. The minimum absolute atomic E-state index is 0.0646. The molecular weight excluding hydrogens is 443 g/mol. The van der Waals surface area contributed by atoms with Crippen LogP contribution in [0.3, 0.4) is 0 Å². The van der Waals surface area contributed by atoms with E-state index in [9.17, 15) is 14.4 Å². The molecule has 3 heterocycles. The summed E-state index contributed by atoms with van der Waals surface area (Å²) in [7, 11) is 0. The number of rotatable bonds is 6. The lowest BCUT2D eigenvalue weighted by molar-refractivity contribution is -0.133. The molecule has 1 atom stereocenters. The number of anilines is 2. The number of benzene rings is 1. The lowest BCUT2D eigenvalue weighted by atomic mass is 10.2. The quantitative estimate of drug-likeness (QED) is 0.651. The Morgan fingerprint density at radius 1 is 1.21 bits per heavy atom. The van der Waals surface area contributed by atoms with Gasteiger partial charge >= 0.3 is 6.09 Å². The summed E-state index contributed by atoms with van der Waals surface area (Å²) in [6, 6.07) is 8.22. The van der Waals surface area contributed by atoms with Gasteiger partial charge in [-0.3, -0.25) is 24.5 Å². The molecule has 0 radical (unpaired) electrons. The molecule has 2 aliphatic heterocycles. The molecule has 3 amide bonds. The van der Waals surface area contributed by atoms with E-state index in [1.54, 1.807) is 41.7 Å². The predicted molar refractivity (Wildman–Crippen MR) is 123 cm³/mol. The fraction of sp³-hybridized carbons (Fsp3) is 0.391. The lowest BCUT2D eigenvalue weighted by Gasteiger charge is -2.24. The van der Waals surface area contributed by atoms with Gasteiger partial charge in [0.15, 0.2) is 0 Å². The van der Waals surface area contributed by atoms with Gasteiger partial charge in [-0.1, -0.05) is 0 Å². The van der Waals surface area contributed by atoms with Crippen LogP contribution in [0.4, 0.5) is 20.6 Å². The van der Waals surface area contributed by atoms with E-state index in [1.807, 2.05) is 4.90 Å². The summed E-state index contributed by atoms with van der Waals surface area (Å²) in [5.74, 6) is -0.744. The van der Waals surface area contributed by atoms with Gasteiger partial charge in [0.2, 0.25) is 11.8 Å². The third kappa shape index (κ3) is 5.60. The maximum absolute atomic E-state index is 15.1. The van der Waals surface area contributed by atoms with E-state index >= 15 is 4.39 Å². The van der Waals surface area contributed by atoms with Crippen molar-refractivity contribution in [1.29, 1.82) is 0 Å². The Balaban J connectivity index is 1.37. The zero-order valence-electron chi connectivity index (χ0n) is 18.9. The number of ether oxygens (including phenoxy) is 1. The first-order chi connectivity index (χ1) is 16.4. The zero-order valence-corrected chi connectivity index (χ0v) is 18.9. The molecular formula is C23H27FN6O4. The Bertz CT molecular complexity index is 1050. The third-order valence-corrected chi connectivity index (χ3v) is 5.72. The van der Waals surface area contributed by atoms with Crippen molar-refractivity contribution >= 4 is 29.3 Å². The van der Waals surface area contributed by atoms with Gasteiger partial charge in [-0.2, -0.15) is 0 Å². The molecule has 0 saturated carbocycles. The third-order valence-electron chi connectivity index (χ3n) is 5.72. The van der Waals surface area contributed by atoms with Gasteiger partial charge in [0, 0.05) is 39.0 Å². The molecule has 2 aliphatic rings. The number of hydrogen-bond acceptors (Lipinski definition) is 7. The standard InChI is InChI=1S/C23H27FN6O4/c1-16(31)26-14-19-15-29(23(33)34-19)18-2-3-21(20(24)13-18)28-9-8-27-30(11-10-28)22(32)12-17-4-6-25-7-5-17/h2-7,13,19,27H,8-12,14-15H2,1H3,(H,26,31)/t19-/m0/s1. The maximum Gasteiger partial charge on any atom is 0.414 e. The average Bonchev–Trinajstić information content (AvgIpc) is 3.02. The van der Waals surface area contributed by atoms with Crippen LogP contribution in [0.2, 0.25) is 0 Å². The molecule has 2 aromatic rings. The summed E-state index contributed by atoms with van der Waals surface area (Å²) in [5.41, 5.74) is 4.78. The van der Waals surface area contributed by atoms with E-state index in [4.69, 9.17) is 4.74 Å². The van der Waals surface area contributed by atoms with Crippen LogP contribution in [0.5, 0.6) is 0 Å². The van der Waals surface area contributed by atoms with Crippen LogP contribution in [0.1, 0.15) is 12.5 Å². The summed E-state index contributed by atoms with van der Waals surface area (Å²) in [4.78, 5) is 43.1. The highest BCUT2D eigenvalue weighted by Gasteiger charge is 2.33. The fourth-order valence-corrected chi connectivity index (χ4v) is 3.97. The van der Waals surface area contributed by atoms with E-state index in [-0.39, 0.29) is 31.3 Å². The summed E-state index contributed by atoms with van der Waals surface area (Å²) in [6.07, 6.45) is 2.49. The van der Waals surface area contributed by atoms with Gasteiger partial charge in [0.05, 0.1) is 37.4 Å². The number of pyridine rings is 1. The second-order valence-electron chi connectivity index (χ2n) is 8.16. The van der Waals surface area contributed by atoms with Crippen molar-refractivity contribution in [3.8, 4) is 0 Å². The molecule has 0 aliphatic carbocycles. The van der Waals surface area contributed by atoms with Gasteiger partial charge in [0.25, 0.3) is 0 Å². The van der Waals surface area contributed by atoms with Crippen molar-refractivity contribution in [3.05, 3.63) is 54.1 Å². The molecule has 10 nitrogen and oxygen atoms in total. The van der Waals surface area contributed by atoms with E-state index in [1.165, 1.54) is 17.9 Å². The van der Waals surface area contributed by atoms with Gasteiger partial charge < -0.3 is 15.0 Å². The van der Waals surface area contributed by atoms with Crippen LogP contribution < -0.4 is 20.5 Å². The van der Waals surface area contributed by atoms with Crippen LogP contribution in [-0.2, 0) is 20.7 Å². The monoisotopic (exact) mass is 470 g/mol. The van der Waals surface area contributed by atoms with Crippen molar-refractivity contribution < 1.29 is 23.5 Å². The van der Waals surface area contributed by atoms with Crippen LogP contribution in [0, 0.1) is 5.82 Å². The summed E-state index contributed by atoms with van der Waals surface area (Å²) in [6.45, 7) is 3.66. The summed E-state index contributed by atoms with van der Waals surface area (Å²) in [5, 5.41) is 4.19. The molecule has 2 fully saturated rings. The van der Waals surface area contributed by atoms with Gasteiger partial charge in [-0.05, 0) is 35.9 Å². The Morgan fingerprint density at radius 3 is 2.74 bits per heavy atom. The summed E-state index contributed by atoms with van der Waals surface area (Å²) >= 11 is 0. The molecule has 0 unspecified atom stereocenters. The highest BCUT2D eigenvalue weighted by molar-refractivity contribution is 5.90. The number of hydrazine groups is 1. The Hall–Kier alpha value is -3.73. The second kappa shape index (κ2) is 10.5. The molecule has 4 rings (SSSR count). The fourth-order valence-electron chi connectivity index (χ4n) is 3.97. The first-order valence-electron chi connectivity index (χ1n) is 11.1. The number of cyclic esters (lactones) is 1. The molecule has 1 aromatic heterocycles. The van der Waals surface area contributed by atoms with E-state index < -0.39 is 18.0 Å². The molecule has 0 spiro atoms. The smallest absolute Gasteiger partial charge is 0.414 e. The number of amides is 3. The van der Waals surface area contributed by atoms with Gasteiger partial charge in [0.1, 0.15) is 11.9 Å². The normalized spacial score (nSPS) is 18.5. The highest BCUT2D eigenvalue weighted by atomic mass is 19.1. The Kier molecular flexibility index (Phi) is 7.21. The predicted octanol–water partition coefficient (Wildman–Crippen LogP) is 1.08. The molecule has 1 aromatic carbocycles. The van der Waals surface area contributed by atoms with Crippen LogP contribution in [0.25, 0.3) is 0 Å². The number of halogens is 1. The number of nitrogens with one attached hydrogen (secondary N) is 2. The second-order valence-corrected chi connectivity index (χ2v) is 8.16. The van der Waals surface area contributed by atoms with Crippen molar-refractivity contribution in [2.75, 3.05) is 49.1 Å². The topological polar surface area (TPSA) is 107 Å². The Labute approximate surface area is 196 Å². The van der Waals surface area contributed by atoms with Gasteiger partial charge in [-0.25, -0.2) is 14.6 Å². The highest BCUT2D eigenvalue weighted by Crippen LogP contribution is 2.28. The number of hydrogen-bond donors (Lipinski definition) is 2. The zero-order chi connectivity index (χ0) is 24.1. The SMILES string of the molecule is CC(=O)NC[C@H]1CN(c2ccc(N3CCNN(C(=O)Cc4ccncc4)CC3)c(F)c2)C(=O)O1. The molecule has 2 N–H and O–H groups in total. The molecule has 11 heteroatoms. The van der Waals surface area contributed by atoms with Crippen molar-refractivity contribution in [2.24, 2.45) is 0 Å². The number of carbonyl (C=O) groups excluding carboxylic acids is 3. The minimum atomic E-state index is -0.579. The summed E-state index contributed by atoms with van der Waals surface area (Å²) < 4.78 is 20.3. The molecule has 34 heavy (non-hydrogen) atoms. The van der Waals surface area contributed by atoms with Crippen LogP contribution in [-0.4, -0.2) is 73.3 Å². The molecule has 2 saturated heterocycles. The Morgan fingerprint density at radius 2 is 2.00 bits per heavy atom. The van der Waals surface area contributed by atoms with Gasteiger partial charge in [-0.15, -0.1) is 0 Å². The molecule has 0 bridgehead atoms. The average molecular weight is 471 g/mol.